The molecular formula is C61H41NO. The molecule has 3 aliphatic rings. The smallest absolute Gasteiger partial charge is 0.143 e. The monoisotopic (exact) mass is 803 g/mol. The molecule has 13 rings (SSSR count). The van der Waals surface area contributed by atoms with E-state index in [0.717, 1.165) is 57.3 Å². The van der Waals surface area contributed by atoms with Gasteiger partial charge in [0.05, 0.1) is 11.1 Å². The van der Waals surface area contributed by atoms with Crippen LogP contribution in [-0.2, 0) is 5.41 Å². The van der Waals surface area contributed by atoms with Crippen LogP contribution in [0.5, 0.6) is 0 Å². The van der Waals surface area contributed by atoms with Crippen molar-refractivity contribution in [1.82, 2.24) is 0 Å². The topological polar surface area (TPSA) is 16.4 Å². The molecule has 63 heavy (non-hydrogen) atoms. The molecule has 296 valence electrons. The van der Waals surface area contributed by atoms with Gasteiger partial charge in [-0.3, -0.25) is 0 Å². The molecule has 0 bridgehead atoms. The molecule has 10 aromatic rings. The minimum atomic E-state index is -0.352. The van der Waals surface area contributed by atoms with Gasteiger partial charge in [0.15, 0.2) is 0 Å². The maximum atomic E-state index is 6.50. The average molecular weight is 804 g/mol. The zero-order chi connectivity index (χ0) is 41.5. The highest BCUT2D eigenvalue weighted by molar-refractivity contribution is 6.10. The minimum Gasteiger partial charge on any atom is -0.455 e. The maximum Gasteiger partial charge on any atom is 0.143 e. The Morgan fingerprint density at radius 1 is 0.413 bits per heavy atom. The first-order valence-electron chi connectivity index (χ1n) is 22.1. The molecule has 2 nitrogen and oxygen atoms in total. The summed E-state index contributed by atoms with van der Waals surface area (Å²) in [6.07, 6.45) is 6.82. The number of anilines is 3. The van der Waals surface area contributed by atoms with Crippen LogP contribution in [0.25, 0.3) is 72.0 Å². The Morgan fingerprint density at radius 3 is 1.70 bits per heavy atom. The lowest BCUT2D eigenvalue weighted by Gasteiger charge is -2.34. The van der Waals surface area contributed by atoms with Crippen molar-refractivity contribution in [3.8, 4) is 44.5 Å². The number of furan rings is 1. The van der Waals surface area contributed by atoms with Crippen molar-refractivity contribution in [3.05, 3.63) is 252 Å². The van der Waals surface area contributed by atoms with Gasteiger partial charge in [0.25, 0.3) is 0 Å². The molecule has 1 aromatic heterocycles. The Balaban J connectivity index is 0.983. The quantitative estimate of drug-likeness (QED) is 0.166. The van der Waals surface area contributed by atoms with E-state index >= 15 is 0 Å². The Bertz CT molecular complexity index is 3480. The van der Waals surface area contributed by atoms with Crippen LogP contribution in [0.1, 0.15) is 35.1 Å². The number of hydrogen-bond donors (Lipinski definition) is 0. The van der Waals surface area contributed by atoms with Crippen molar-refractivity contribution >= 4 is 44.6 Å². The Hall–Kier alpha value is -7.94. The van der Waals surface area contributed by atoms with Crippen molar-refractivity contribution in [2.75, 3.05) is 4.90 Å². The van der Waals surface area contributed by atoms with E-state index < -0.39 is 0 Å². The van der Waals surface area contributed by atoms with Gasteiger partial charge in [0, 0.05) is 33.3 Å². The van der Waals surface area contributed by atoms with E-state index in [1.54, 1.807) is 0 Å². The lowest BCUT2D eigenvalue weighted by Crippen LogP contribution is -2.27. The first-order valence-corrected chi connectivity index (χ1v) is 22.1. The number of rotatable bonds is 6. The molecule has 3 aliphatic carbocycles. The summed E-state index contributed by atoms with van der Waals surface area (Å²) in [4.78, 5) is 2.47. The number of para-hydroxylation sites is 2. The number of fused-ring (bicyclic) bond motifs is 12. The SMILES string of the molecule is C1=CC2=C(CC1)C1(c3ccccc32)c2ccccc2-c2c(N(c3ccc(-c4ccc(-c5ccccc5)cc4)cc3)c3ccc(-c4cccc5c4oc4ccccc45)cc3)cccc21. The molecule has 0 saturated carbocycles. The summed E-state index contributed by atoms with van der Waals surface area (Å²) in [7, 11) is 0. The molecule has 1 atom stereocenters. The van der Waals surface area contributed by atoms with E-state index in [2.05, 4.69) is 223 Å². The fourth-order valence-electron chi connectivity index (χ4n) is 11.1. The van der Waals surface area contributed by atoms with Crippen molar-refractivity contribution in [3.63, 3.8) is 0 Å². The van der Waals surface area contributed by atoms with Crippen molar-refractivity contribution in [2.24, 2.45) is 0 Å². The highest BCUT2D eigenvalue weighted by Gasteiger charge is 2.53. The van der Waals surface area contributed by atoms with E-state index in [9.17, 15) is 0 Å². The van der Waals surface area contributed by atoms with Crippen LogP contribution < -0.4 is 4.90 Å². The summed E-state index contributed by atoms with van der Waals surface area (Å²) < 4.78 is 6.50. The van der Waals surface area contributed by atoms with Gasteiger partial charge in [0.1, 0.15) is 11.2 Å². The van der Waals surface area contributed by atoms with Gasteiger partial charge < -0.3 is 9.32 Å². The van der Waals surface area contributed by atoms with Crippen molar-refractivity contribution in [2.45, 2.75) is 18.3 Å². The Labute approximate surface area is 367 Å². The molecule has 1 heterocycles. The van der Waals surface area contributed by atoms with Crippen molar-refractivity contribution < 1.29 is 4.42 Å². The summed E-state index contributed by atoms with van der Waals surface area (Å²) >= 11 is 0. The highest BCUT2D eigenvalue weighted by Crippen LogP contribution is 2.65. The Kier molecular flexibility index (Phi) is 7.98. The zero-order valence-electron chi connectivity index (χ0n) is 34.6. The number of allylic oxidation sites excluding steroid dienone is 4. The number of nitrogens with zero attached hydrogens (tertiary/aromatic N) is 1. The highest BCUT2D eigenvalue weighted by atomic mass is 16.3. The van der Waals surface area contributed by atoms with E-state index in [0.29, 0.717) is 0 Å². The molecule has 9 aromatic carbocycles. The third-order valence-electron chi connectivity index (χ3n) is 13.8. The van der Waals surface area contributed by atoms with Crippen LogP contribution in [0, 0.1) is 0 Å². The molecule has 0 saturated heterocycles. The standard InChI is InChI=1S/C61H41NO/c1-2-14-40(15-3-1)41-28-30-42(31-29-41)43-32-36-45(37-33-43)62(46-38-34-44(35-39-46)47-20-12-21-51-50-18-7-11-27-58(50)63-60(47)51)57-26-13-25-56-59(57)52-19-6-10-24-55(52)61(56)53-22-8-4-16-48(53)49-17-5-9-23-54(49)61/h1-8,10-22,24-39H,9,23H2. The second-order valence-corrected chi connectivity index (χ2v) is 17.0. The predicted octanol–water partition coefficient (Wildman–Crippen LogP) is 16.5. The van der Waals surface area contributed by atoms with E-state index in [4.69, 9.17) is 4.42 Å². The second-order valence-electron chi connectivity index (χ2n) is 17.0. The van der Waals surface area contributed by atoms with E-state index in [1.807, 2.05) is 6.07 Å². The van der Waals surface area contributed by atoms with Crippen LogP contribution >= 0.6 is 0 Å². The first-order chi connectivity index (χ1) is 31.3. The minimum absolute atomic E-state index is 0.352. The van der Waals surface area contributed by atoms with Gasteiger partial charge in [-0.2, -0.15) is 0 Å². The second kappa shape index (κ2) is 14.1. The molecule has 0 amide bonds. The first kappa shape index (κ1) is 35.8. The summed E-state index contributed by atoms with van der Waals surface area (Å²) in [5.74, 6) is 0. The van der Waals surface area contributed by atoms with Crippen LogP contribution in [0.2, 0.25) is 0 Å². The van der Waals surface area contributed by atoms with Crippen LogP contribution in [0.15, 0.2) is 234 Å². The summed E-state index contributed by atoms with van der Waals surface area (Å²) in [6, 6.07) is 77.8. The number of hydrogen-bond acceptors (Lipinski definition) is 2. The maximum absolute atomic E-state index is 6.50. The molecule has 1 spiro atoms. The van der Waals surface area contributed by atoms with E-state index in [-0.39, 0.29) is 5.41 Å². The molecular weight excluding hydrogens is 763 g/mol. The molecule has 0 fully saturated rings. The van der Waals surface area contributed by atoms with Gasteiger partial charge in [0.2, 0.25) is 0 Å². The van der Waals surface area contributed by atoms with Gasteiger partial charge in [-0.15, -0.1) is 0 Å². The lowest BCUT2D eigenvalue weighted by atomic mass is 9.68. The van der Waals surface area contributed by atoms with Crippen LogP contribution in [0.4, 0.5) is 17.1 Å². The lowest BCUT2D eigenvalue weighted by molar-refractivity contribution is 0.670. The van der Waals surface area contributed by atoms with Crippen molar-refractivity contribution in [1.29, 1.82) is 0 Å². The fourth-order valence-corrected chi connectivity index (χ4v) is 11.1. The predicted molar refractivity (Wildman–Crippen MR) is 262 cm³/mol. The third kappa shape index (κ3) is 5.31. The summed E-state index contributed by atoms with van der Waals surface area (Å²) in [5.41, 5.74) is 22.9. The van der Waals surface area contributed by atoms with Gasteiger partial charge in [-0.05, 0) is 116 Å². The molecule has 0 N–H and O–H groups in total. The van der Waals surface area contributed by atoms with Gasteiger partial charge in [-0.1, -0.05) is 188 Å². The van der Waals surface area contributed by atoms with Gasteiger partial charge >= 0.3 is 0 Å². The van der Waals surface area contributed by atoms with Crippen LogP contribution in [0.3, 0.4) is 0 Å². The molecule has 1 unspecified atom stereocenters. The molecule has 0 radical (unpaired) electrons. The normalized spacial score (nSPS) is 15.7. The average Bonchev–Trinajstić information content (AvgIpc) is 4.00. The van der Waals surface area contributed by atoms with E-state index in [1.165, 1.54) is 72.5 Å². The molecule has 2 heteroatoms. The fraction of sp³-hybridized carbons (Fsp3) is 0.0492. The van der Waals surface area contributed by atoms with Gasteiger partial charge in [-0.25, -0.2) is 0 Å². The molecule has 0 aliphatic heterocycles. The summed E-state index contributed by atoms with van der Waals surface area (Å²) in [5, 5.41) is 2.27. The third-order valence-corrected chi connectivity index (χ3v) is 13.8. The van der Waals surface area contributed by atoms with Crippen LogP contribution in [-0.4, -0.2) is 0 Å². The zero-order valence-corrected chi connectivity index (χ0v) is 34.6. The largest absolute Gasteiger partial charge is 0.455 e. The Morgan fingerprint density at radius 2 is 0.952 bits per heavy atom. The number of benzene rings is 9. The summed E-state index contributed by atoms with van der Waals surface area (Å²) in [6.45, 7) is 0.